The van der Waals surface area contributed by atoms with Crippen LogP contribution in [0, 0.1) is 0 Å². The van der Waals surface area contributed by atoms with Crippen LogP contribution in [0.4, 0.5) is 4.79 Å². The van der Waals surface area contributed by atoms with Gasteiger partial charge in [-0.2, -0.15) is 0 Å². The Bertz CT molecular complexity index is 963. The average Bonchev–Trinajstić information content (AvgIpc) is 2.75. The third-order valence-electron chi connectivity index (χ3n) is 4.94. The van der Waals surface area contributed by atoms with Crippen molar-refractivity contribution >= 4 is 12.1 Å². The van der Waals surface area contributed by atoms with Crippen LogP contribution in [0.5, 0.6) is 11.5 Å². The van der Waals surface area contributed by atoms with Gasteiger partial charge < -0.3 is 23.8 Å². The summed E-state index contributed by atoms with van der Waals surface area (Å²) in [5, 5.41) is 0. The third kappa shape index (κ3) is 5.69. The number of nitrogens with zero attached hydrogens (tertiary/aromatic N) is 1. The number of carbonyl (C=O) groups is 2. The zero-order valence-electron chi connectivity index (χ0n) is 18.7. The molecule has 1 heterocycles. The van der Waals surface area contributed by atoms with Crippen molar-refractivity contribution in [2.24, 2.45) is 0 Å². The van der Waals surface area contributed by atoms with Crippen LogP contribution >= 0.6 is 0 Å². The summed E-state index contributed by atoms with van der Waals surface area (Å²) in [6.45, 7) is 6.95. The Morgan fingerprint density at radius 2 is 1.81 bits per heavy atom. The molecule has 0 bridgehead atoms. The highest BCUT2D eigenvalue weighted by atomic mass is 16.6. The van der Waals surface area contributed by atoms with Gasteiger partial charge in [0.2, 0.25) is 0 Å². The summed E-state index contributed by atoms with van der Waals surface area (Å²) in [5.41, 5.74) is 2.90. The van der Waals surface area contributed by atoms with Crippen molar-refractivity contribution in [3.8, 4) is 11.5 Å². The van der Waals surface area contributed by atoms with Crippen molar-refractivity contribution in [3.63, 3.8) is 0 Å². The highest BCUT2D eigenvalue weighted by Gasteiger charge is 2.26. The highest BCUT2D eigenvalue weighted by Crippen LogP contribution is 2.27. The Morgan fingerprint density at radius 1 is 1.03 bits per heavy atom. The fourth-order valence-electron chi connectivity index (χ4n) is 3.40. The number of carbonyl (C=O) groups excluding carboxylic acids is 2. The maximum Gasteiger partial charge on any atom is 0.410 e. The van der Waals surface area contributed by atoms with E-state index in [1.54, 1.807) is 30.2 Å². The Morgan fingerprint density at radius 3 is 2.48 bits per heavy atom. The van der Waals surface area contributed by atoms with Gasteiger partial charge in [-0.3, -0.25) is 0 Å². The molecule has 0 saturated heterocycles. The summed E-state index contributed by atoms with van der Waals surface area (Å²) in [5.74, 6) is 0.945. The van der Waals surface area contributed by atoms with Crippen LogP contribution in [-0.2, 0) is 29.0 Å². The van der Waals surface area contributed by atoms with Crippen molar-refractivity contribution < 1.29 is 28.5 Å². The first-order chi connectivity index (χ1) is 14.7. The summed E-state index contributed by atoms with van der Waals surface area (Å²) in [7, 11) is 2.92. The minimum absolute atomic E-state index is 0.247. The third-order valence-corrected chi connectivity index (χ3v) is 4.94. The molecule has 2 aromatic carbocycles. The molecule has 0 unspecified atom stereocenters. The Kier molecular flexibility index (Phi) is 6.73. The second-order valence-electron chi connectivity index (χ2n) is 8.39. The first-order valence-electron chi connectivity index (χ1n) is 10.2. The second kappa shape index (κ2) is 9.29. The summed E-state index contributed by atoms with van der Waals surface area (Å²) in [6.07, 6.45) is 0.434. The number of esters is 1. The van der Waals surface area contributed by atoms with Crippen LogP contribution in [0.3, 0.4) is 0 Å². The number of methoxy groups -OCH3 is 2. The van der Waals surface area contributed by atoms with Crippen molar-refractivity contribution in [2.75, 3.05) is 20.8 Å². The molecule has 0 radical (unpaired) electrons. The number of rotatable bonds is 5. The fourth-order valence-corrected chi connectivity index (χ4v) is 3.40. The minimum Gasteiger partial charge on any atom is -0.496 e. The summed E-state index contributed by atoms with van der Waals surface area (Å²) in [6, 6.07) is 10.9. The number of amides is 1. The van der Waals surface area contributed by atoms with Crippen LogP contribution in [0.2, 0.25) is 0 Å². The van der Waals surface area contributed by atoms with E-state index in [1.807, 2.05) is 39.0 Å². The van der Waals surface area contributed by atoms with Crippen LogP contribution < -0.4 is 9.47 Å². The normalized spacial score (nSPS) is 13.3. The number of fused-ring (bicyclic) bond motifs is 1. The van der Waals surface area contributed by atoms with E-state index in [9.17, 15) is 9.59 Å². The van der Waals surface area contributed by atoms with E-state index in [0.29, 0.717) is 24.4 Å². The van der Waals surface area contributed by atoms with Gasteiger partial charge in [0, 0.05) is 18.7 Å². The summed E-state index contributed by atoms with van der Waals surface area (Å²) >= 11 is 0. The number of benzene rings is 2. The van der Waals surface area contributed by atoms with Gasteiger partial charge in [-0.25, -0.2) is 9.59 Å². The van der Waals surface area contributed by atoms with E-state index in [-0.39, 0.29) is 12.7 Å². The van der Waals surface area contributed by atoms with Crippen molar-refractivity contribution in [1.29, 1.82) is 0 Å². The molecule has 0 atom stereocenters. The predicted molar refractivity (Wildman–Crippen MR) is 115 cm³/mol. The molecule has 0 N–H and O–H groups in total. The van der Waals surface area contributed by atoms with E-state index in [2.05, 4.69) is 0 Å². The van der Waals surface area contributed by atoms with Crippen LogP contribution in [-0.4, -0.2) is 43.3 Å². The monoisotopic (exact) mass is 427 g/mol. The number of hydrogen-bond acceptors (Lipinski definition) is 6. The van der Waals surface area contributed by atoms with Gasteiger partial charge in [0.15, 0.2) is 0 Å². The summed E-state index contributed by atoms with van der Waals surface area (Å²) in [4.78, 5) is 25.9. The highest BCUT2D eigenvalue weighted by molar-refractivity contribution is 5.89. The van der Waals surface area contributed by atoms with Gasteiger partial charge in [-0.1, -0.05) is 6.07 Å². The molecule has 0 saturated carbocycles. The second-order valence-corrected chi connectivity index (χ2v) is 8.39. The molecule has 1 amide bonds. The van der Waals surface area contributed by atoms with Gasteiger partial charge >= 0.3 is 12.1 Å². The average molecular weight is 427 g/mol. The largest absolute Gasteiger partial charge is 0.496 e. The zero-order valence-corrected chi connectivity index (χ0v) is 18.7. The van der Waals surface area contributed by atoms with Crippen molar-refractivity contribution in [3.05, 3.63) is 58.7 Å². The molecule has 3 rings (SSSR count). The quantitative estimate of drug-likeness (QED) is 0.661. The number of hydrogen-bond donors (Lipinski definition) is 0. The Labute approximate surface area is 182 Å². The lowest BCUT2D eigenvalue weighted by atomic mass is 10.00. The maximum absolute atomic E-state index is 12.3. The van der Waals surface area contributed by atoms with E-state index >= 15 is 0 Å². The van der Waals surface area contributed by atoms with Gasteiger partial charge in [-0.05, 0) is 68.7 Å². The van der Waals surface area contributed by atoms with E-state index < -0.39 is 11.6 Å². The van der Waals surface area contributed by atoms with Crippen LogP contribution in [0.15, 0.2) is 36.4 Å². The first-order valence-corrected chi connectivity index (χ1v) is 10.2. The molecule has 0 aliphatic carbocycles. The molecule has 7 heteroatoms. The fraction of sp³-hybridized carbons (Fsp3) is 0.417. The van der Waals surface area contributed by atoms with Crippen molar-refractivity contribution in [1.82, 2.24) is 4.90 Å². The van der Waals surface area contributed by atoms with E-state index in [0.717, 1.165) is 28.9 Å². The topological polar surface area (TPSA) is 74.3 Å². The minimum atomic E-state index is -0.513. The van der Waals surface area contributed by atoms with Gasteiger partial charge in [0.25, 0.3) is 0 Å². The molecular weight excluding hydrogens is 398 g/mol. The molecular formula is C24H29NO6. The molecule has 1 aliphatic rings. The zero-order chi connectivity index (χ0) is 22.6. The van der Waals surface area contributed by atoms with Crippen LogP contribution in [0.1, 0.15) is 47.8 Å². The SMILES string of the molecule is COC(=O)c1ccc(OC)c(COc2ccc3c(c2)CCN(C(=O)OC(C)(C)C)C3)c1. The van der Waals surface area contributed by atoms with Gasteiger partial charge in [0.05, 0.1) is 19.8 Å². The van der Waals surface area contributed by atoms with E-state index in [1.165, 1.54) is 7.11 Å². The smallest absolute Gasteiger partial charge is 0.410 e. The lowest BCUT2D eigenvalue weighted by molar-refractivity contribution is 0.0223. The Balaban J connectivity index is 1.68. The molecule has 31 heavy (non-hydrogen) atoms. The molecule has 7 nitrogen and oxygen atoms in total. The standard InChI is InChI=1S/C24H29NO6/c1-24(2,3)31-23(27)25-11-10-16-13-20(8-6-18(16)14-25)30-15-19-12-17(22(26)29-5)7-9-21(19)28-4/h6-9,12-13H,10-11,14-15H2,1-5H3. The van der Waals surface area contributed by atoms with E-state index in [4.69, 9.17) is 18.9 Å². The molecule has 1 aliphatic heterocycles. The molecule has 0 aromatic heterocycles. The Hall–Kier alpha value is -3.22. The predicted octanol–water partition coefficient (Wildman–Crippen LogP) is 4.35. The maximum atomic E-state index is 12.3. The molecule has 0 fully saturated rings. The van der Waals surface area contributed by atoms with Crippen LogP contribution in [0.25, 0.3) is 0 Å². The lowest BCUT2D eigenvalue weighted by Gasteiger charge is -2.31. The van der Waals surface area contributed by atoms with Crippen molar-refractivity contribution in [2.45, 2.75) is 45.9 Å². The number of ether oxygens (including phenoxy) is 4. The summed E-state index contributed by atoms with van der Waals surface area (Å²) < 4.78 is 21.6. The molecule has 0 spiro atoms. The van der Waals surface area contributed by atoms with Gasteiger partial charge in [-0.15, -0.1) is 0 Å². The molecule has 2 aromatic rings. The molecule has 166 valence electrons. The first kappa shape index (κ1) is 22.5. The lowest BCUT2D eigenvalue weighted by Crippen LogP contribution is -2.39. The van der Waals surface area contributed by atoms with Gasteiger partial charge in [0.1, 0.15) is 23.7 Å².